The smallest absolute Gasteiger partial charge is 0.240 e. The number of rotatable bonds is 4. The highest BCUT2D eigenvalue weighted by molar-refractivity contribution is 7.89. The highest BCUT2D eigenvalue weighted by atomic mass is 32.2. The SMILES string of the molecule is CC1(C)OCC(CNS(=O)(=O)c2cccc(F)c2)O1. The molecule has 0 aromatic heterocycles. The fourth-order valence-electron chi connectivity index (χ4n) is 1.78. The first-order valence-electron chi connectivity index (χ1n) is 5.85. The molecule has 106 valence electrons. The zero-order valence-corrected chi connectivity index (χ0v) is 11.5. The van der Waals surface area contributed by atoms with Gasteiger partial charge in [0.15, 0.2) is 5.79 Å². The van der Waals surface area contributed by atoms with Crippen molar-refractivity contribution in [2.45, 2.75) is 30.6 Å². The first kappa shape index (κ1) is 14.4. The average molecular weight is 289 g/mol. The van der Waals surface area contributed by atoms with E-state index in [0.717, 1.165) is 6.07 Å². The summed E-state index contributed by atoms with van der Waals surface area (Å²) in [6.07, 6.45) is -0.349. The largest absolute Gasteiger partial charge is 0.348 e. The molecule has 1 atom stereocenters. The molecule has 19 heavy (non-hydrogen) atoms. The maximum absolute atomic E-state index is 13.0. The van der Waals surface area contributed by atoms with E-state index in [4.69, 9.17) is 9.47 Å². The van der Waals surface area contributed by atoms with Gasteiger partial charge in [0.1, 0.15) is 5.82 Å². The summed E-state index contributed by atoms with van der Waals surface area (Å²) in [5.74, 6) is -1.29. The molecule has 1 N–H and O–H groups in total. The van der Waals surface area contributed by atoms with E-state index in [9.17, 15) is 12.8 Å². The summed E-state index contributed by atoms with van der Waals surface area (Å²) >= 11 is 0. The number of halogens is 1. The van der Waals surface area contributed by atoms with Crippen LogP contribution in [0.1, 0.15) is 13.8 Å². The molecule has 0 spiro atoms. The predicted octanol–water partition coefficient (Wildman–Crippen LogP) is 1.26. The summed E-state index contributed by atoms with van der Waals surface area (Å²) in [7, 11) is -3.73. The van der Waals surface area contributed by atoms with E-state index in [-0.39, 0.29) is 17.5 Å². The van der Waals surface area contributed by atoms with Crippen molar-refractivity contribution in [1.29, 1.82) is 0 Å². The average Bonchev–Trinajstić information content (AvgIpc) is 2.67. The Kier molecular flexibility index (Phi) is 3.91. The molecule has 0 aliphatic carbocycles. The zero-order chi connectivity index (χ0) is 14.1. The van der Waals surface area contributed by atoms with Crippen molar-refractivity contribution in [2.24, 2.45) is 0 Å². The van der Waals surface area contributed by atoms with Gasteiger partial charge in [-0.25, -0.2) is 17.5 Å². The van der Waals surface area contributed by atoms with Crippen molar-refractivity contribution in [3.63, 3.8) is 0 Å². The van der Waals surface area contributed by atoms with Crippen LogP contribution in [-0.2, 0) is 19.5 Å². The zero-order valence-electron chi connectivity index (χ0n) is 10.7. The first-order valence-corrected chi connectivity index (χ1v) is 7.34. The van der Waals surface area contributed by atoms with E-state index in [1.807, 2.05) is 0 Å². The molecule has 1 heterocycles. The molecule has 1 aromatic rings. The molecule has 0 amide bonds. The minimum absolute atomic E-state index is 0.0856. The Morgan fingerprint density at radius 1 is 1.47 bits per heavy atom. The molecule has 1 unspecified atom stereocenters. The molecule has 1 aromatic carbocycles. The number of nitrogens with one attached hydrogen (secondary N) is 1. The van der Waals surface area contributed by atoms with Crippen molar-refractivity contribution in [3.8, 4) is 0 Å². The Balaban J connectivity index is 1.99. The van der Waals surface area contributed by atoms with Crippen molar-refractivity contribution in [1.82, 2.24) is 4.72 Å². The van der Waals surface area contributed by atoms with E-state index in [1.54, 1.807) is 13.8 Å². The molecule has 1 aliphatic rings. The Morgan fingerprint density at radius 2 is 2.21 bits per heavy atom. The highest BCUT2D eigenvalue weighted by Gasteiger charge is 2.33. The van der Waals surface area contributed by atoms with Crippen LogP contribution in [0.2, 0.25) is 0 Å². The minimum Gasteiger partial charge on any atom is -0.348 e. The second-order valence-corrected chi connectivity index (χ2v) is 6.53. The van der Waals surface area contributed by atoms with Crippen LogP contribution < -0.4 is 4.72 Å². The van der Waals surface area contributed by atoms with Gasteiger partial charge in [-0.2, -0.15) is 0 Å². The van der Waals surface area contributed by atoms with Gasteiger partial charge in [-0.05, 0) is 32.0 Å². The standard InChI is InChI=1S/C12H16FNO4S/c1-12(2)17-8-10(18-12)7-14-19(15,16)11-5-3-4-9(13)6-11/h3-6,10,14H,7-8H2,1-2H3. The molecule has 2 rings (SSSR count). The fourth-order valence-corrected chi connectivity index (χ4v) is 2.88. The van der Waals surface area contributed by atoms with Crippen LogP contribution in [0.25, 0.3) is 0 Å². The third-order valence-electron chi connectivity index (χ3n) is 2.67. The van der Waals surface area contributed by atoms with Crippen LogP contribution in [0.15, 0.2) is 29.2 Å². The molecule has 1 saturated heterocycles. The van der Waals surface area contributed by atoms with Crippen LogP contribution in [0.4, 0.5) is 4.39 Å². The maximum Gasteiger partial charge on any atom is 0.240 e. The highest BCUT2D eigenvalue weighted by Crippen LogP contribution is 2.22. The van der Waals surface area contributed by atoms with Gasteiger partial charge in [0.05, 0.1) is 17.6 Å². The fraction of sp³-hybridized carbons (Fsp3) is 0.500. The lowest BCUT2D eigenvalue weighted by atomic mass is 10.4. The number of hydrogen-bond donors (Lipinski definition) is 1. The predicted molar refractivity (Wildman–Crippen MR) is 66.5 cm³/mol. The third-order valence-corrected chi connectivity index (χ3v) is 4.10. The molecular formula is C12H16FNO4S. The summed E-state index contributed by atoms with van der Waals surface area (Å²) in [4.78, 5) is -0.106. The molecule has 1 fully saturated rings. The second-order valence-electron chi connectivity index (χ2n) is 4.76. The molecule has 7 heteroatoms. The van der Waals surface area contributed by atoms with Gasteiger partial charge >= 0.3 is 0 Å². The normalized spacial score (nSPS) is 22.6. The van der Waals surface area contributed by atoms with Crippen LogP contribution in [-0.4, -0.2) is 33.5 Å². The van der Waals surface area contributed by atoms with E-state index >= 15 is 0 Å². The Labute approximate surface area is 111 Å². The number of ether oxygens (including phenoxy) is 2. The van der Waals surface area contributed by atoms with E-state index in [2.05, 4.69) is 4.72 Å². The van der Waals surface area contributed by atoms with E-state index in [0.29, 0.717) is 6.61 Å². The van der Waals surface area contributed by atoms with Crippen molar-refractivity contribution in [3.05, 3.63) is 30.1 Å². The lowest BCUT2D eigenvalue weighted by Crippen LogP contribution is -2.34. The number of sulfonamides is 1. The van der Waals surface area contributed by atoms with Crippen molar-refractivity contribution in [2.75, 3.05) is 13.2 Å². The van der Waals surface area contributed by atoms with E-state index in [1.165, 1.54) is 18.2 Å². The second kappa shape index (κ2) is 5.16. The summed E-state index contributed by atoms with van der Waals surface area (Å²) in [5, 5.41) is 0. The molecule has 0 radical (unpaired) electrons. The molecule has 1 aliphatic heterocycles. The summed E-state index contributed by atoms with van der Waals surface area (Å²) in [6, 6.07) is 4.84. The van der Waals surface area contributed by atoms with Crippen LogP contribution in [0.3, 0.4) is 0 Å². The lowest BCUT2D eigenvalue weighted by molar-refractivity contribution is -0.137. The molecule has 0 saturated carbocycles. The Hall–Kier alpha value is -1.02. The van der Waals surface area contributed by atoms with Crippen LogP contribution >= 0.6 is 0 Å². The van der Waals surface area contributed by atoms with Gasteiger partial charge in [-0.1, -0.05) is 6.07 Å². The number of benzene rings is 1. The van der Waals surface area contributed by atoms with E-state index < -0.39 is 21.6 Å². The molecule has 0 bridgehead atoms. The van der Waals surface area contributed by atoms with Crippen molar-refractivity contribution >= 4 is 10.0 Å². The molecule has 5 nitrogen and oxygen atoms in total. The van der Waals surface area contributed by atoms with Gasteiger partial charge in [0, 0.05) is 6.54 Å². The monoisotopic (exact) mass is 289 g/mol. The third kappa shape index (κ3) is 3.73. The van der Waals surface area contributed by atoms with Gasteiger partial charge < -0.3 is 9.47 Å². The Morgan fingerprint density at radius 3 is 2.79 bits per heavy atom. The quantitative estimate of drug-likeness (QED) is 0.906. The lowest BCUT2D eigenvalue weighted by Gasteiger charge is -2.17. The summed E-state index contributed by atoms with van der Waals surface area (Å²) in [6.45, 7) is 3.92. The van der Waals surface area contributed by atoms with Gasteiger partial charge in [-0.3, -0.25) is 0 Å². The first-order chi connectivity index (χ1) is 8.78. The number of hydrogen-bond acceptors (Lipinski definition) is 4. The summed E-state index contributed by atoms with van der Waals surface area (Å²) in [5.41, 5.74) is 0. The maximum atomic E-state index is 13.0. The van der Waals surface area contributed by atoms with Crippen LogP contribution in [0.5, 0.6) is 0 Å². The summed E-state index contributed by atoms with van der Waals surface area (Å²) < 4.78 is 50.0. The minimum atomic E-state index is -3.73. The van der Waals surface area contributed by atoms with Gasteiger partial charge in [-0.15, -0.1) is 0 Å². The van der Waals surface area contributed by atoms with Crippen molar-refractivity contribution < 1.29 is 22.3 Å². The van der Waals surface area contributed by atoms with Crippen LogP contribution in [0, 0.1) is 5.82 Å². The van der Waals surface area contributed by atoms with Gasteiger partial charge in [0.2, 0.25) is 10.0 Å². The molecular weight excluding hydrogens is 273 g/mol. The Bertz CT molecular complexity index is 559. The topological polar surface area (TPSA) is 64.6 Å². The van der Waals surface area contributed by atoms with Gasteiger partial charge in [0.25, 0.3) is 0 Å².